The molecule has 2 N–H and O–H groups in total. The van der Waals surface area contributed by atoms with E-state index in [0.717, 1.165) is 32.0 Å². The Bertz CT molecular complexity index is 408. The molecular weight excluding hydrogens is 266 g/mol. The first-order valence-electron chi connectivity index (χ1n) is 7.40. The summed E-state index contributed by atoms with van der Waals surface area (Å²) in [4.78, 5) is 8.26. The third kappa shape index (κ3) is 6.62. The van der Waals surface area contributed by atoms with Crippen LogP contribution in [0.15, 0.2) is 23.7 Å². The number of imidazole rings is 1. The van der Waals surface area contributed by atoms with Crippen LogP contribution in [0.2, 0.25) is 0 Å². The predicted octanol–water partition coefficient (Wildman–Crippen LogP) is 1.50. The Labute approximate surface area is 128 Å². The molecule has 0 spiro atoms. The van der Waals surface area contributed by atoms with Gasteiger partial charge in [0.05, 0.1) is 12.4 Å². The van der Waals surface area contributed by atoms with Crippen LogP contribution in [0, 0.1) is 5.41 Å². The fourth-order valence-corrected chi connectivity index (χ4v) is 2.04. The van der Waals surface area contributed by atoms with E-state index in [1.54, 1.807) is 20.4 Å². The molecule has 6 nitrogen and oxygen atoms in total. The molecule has 0 aromatic carbocycles. The van der Waals surface area contributed by atoms with Gasteiger partial charge >= 0.3 is 0 Å². The first kappa shape index (κ1) is 17.5. The minimum Gasteiger partial charge on any atom is -0.379 e. The molecule has 120 valence electrons. The molecule has 1 aromatic heterocycles. The van der Waals surface area contributed by atoms with Crippen LogP contribution in [0.3, 0.4) is 0 Å². The molecule has 0 saturated heterocycles. The molecule has 6 heteroatoms. The summed E-state index contributed by atoms with van der Waals surface area (Å²) >= 11 is 0. The van der Waals surface area contributed by atoms with Crippen molar-refractivity contribution in [3.63, 3.8) is 0 Å². The first-order valence-corrected chi connectivity index (χ1v) is 7.40. The summed E-state index contributed by atoms with van der Waals surface area (Å²) in [5.41, 5.74) is 0.0992. The maximum absolute atomic E-state index is 5.53. The van der Waals surface area contributed by atoms with Gasteiger partial charge in [-0.15, -0.1) is 0 Å². The van der Waals surface area contributed by atoms with Crippen molar-refractivity contribution in [2.75, 3.05) is 27.2 Å². The van der Waals surface area contributed by atoms with Crippen LogP contribution in [0.25, 0.3) is 0 Å². The maximum atomic E-state index is 5.53. The molecule has 0 bridgehead atoms. The Morgan fingerprint density at radius 3 is 2.67 bits per heavy atom. The van der Waals surface area contributed by atoms with E-state index >= 15 is 0 Å². The van der Waals surface area contributed by atoms with Gasteiger partial charge in [0.2, 0.25) is 0 Å². The lowest BCUT2D eigenvalue weighted by Gasteiger charge is -2.30. The zero-order chi connectivity index (χ0) is 15.7. The molecule has 0 aliphatic carbocycles. The number of ether oxygens (including phenoxy) is 1. The molecule has 0 amide bonds. The zero-order valence-electron chi connectivity index (χ0n) is 13.9. The quantitative estimate of drug-likeness (QED) is 0.454. The smallest absolute Gasteiger partial charge is 0.191 e. The lowest BCUT2D eigenvalue weighted by Crippen LogP contribution is -2.45. The second kappa shape index (κ2) is 8.67. The number of nitrogens with one attached hydrogen (secondary N) is 2. The van der Waals surface area contributed by atoms with Crippen molar-refractivity contribution in [1.82, 2.24) is 20.2 Å². The summed E-state index contributed by atoms with van der Waals surface area (Å²) in [6, 6.07) is 0. The monoisotopic (exact) mass is 295 g/mol. The highest BCUT2D eigenvalue weighted by Crippen LogP contribution is 2.20. The van der Waals surface area contributed by atoms with Crippen molar-refractivity contribution in [2.24, 2.45) is 10.4 Å². The summed E-state index contributed by atoms with van der Waals surface area (Å²) in [6.45, 7) is 9.07. The molecule has 1 aromatic rings. The fourth-order valence-electron chi connectivity index (χ4n) is 2.04. The van der Waals surface area contributed by atoms with Crippen LogP contribution in [0.4, 0.5) is 0 Å². The Kier molecular flexibility index (Phi) is 7.22. The normalized spacial score (nSPS) is 14.0. The highest BCUT2D eigenvalue weighted by atomic mass is 16.5. The summed E-state index contributed by atoms with van der Waals surface area (Å²) in [6.07, 6.45) is 6.76. The second-order valence-electron chi connectivity index (χ2n) is 6.12. The Morgan fingerprint density at radius 2 is 2.14 bits per heavy atom. The third-order valence-electron chi connectivity index (χ3n) is 3.37. The van der Waals surface area contributed by atoms with E-state index < -0.39 is 0 Å². The second-order valence-corrected chi connectivity index (χ2v) is 6.12. The minimum atomic E-state index is 0.0992. The molecule has 0 radical (unpaired) electrons. The molecule has 1 heterocycles. The summed E-state index contributed by atoms with van der Waals surface area (Å²) < 4.78 is 7.60. The number of hydrogen-bond donors (Lipinski definition) is 2. The molecule has 0 aliphatic heterocycles. The van der Waals surface area contributed by atoms with E-state index in [0.29, 0.717) is 0 Å². The van der Waals surface area contributed by atoms with E-state index in [1.165, 1.54) is 0 Å². The van der Waals surface area contributed by atoms with Gasteiger partial charge in [-0.2, -0.15) is 0 Å². The van der Waals surface area contributed by atoms with Gasteiger partial charge in [-0.1, -0.05) is 20.8 Å². The van der Waals surface area contributed by atoms with Gasteiger partial charge in [-0.3, -0.25) is 4.99 Å². The van der Waals surface area contributed by atoms with Crippen LogP contribution in [0.5, 0.6) is 0 Å². The average Bonchev–Trinajstić information content (AvgIpc) is 2.93. The fraction of sp³-hybridized carbons (Fsp3) is 0.733. The Morgan fingerprint density at radius 1 is 1.38 bits per heavy atom. The summed E-state index contributed by atoms with van der Waals surface area (Å²) in [7, 11) is 3.53. The van der Waals surface area contributed by atoms with Gasteiger partial charge in [0.25, 0.3) is 0 Å². The van der Waals surface area contributed by atoms with Crippen LogP contribution >= 0.6 is 0 Å². The van der Waals surface area contributed by atoms with E-state index in [9.17, 15) is 0 Å². The number of methoxy groups -OCH3 is 1. The molecule has 0 fully saturated rings. The summed E-state index contributed by atoms with van der Waals surface area (Å²) in [5.74, 6) is 0.812. The van der Waals surface area contributed by atoms with Crippen LogP contribution in [0.1, 0.15) is 27.2 Å². The molecular formula is C15H29N5O. The van der Waals surface area contributed by atoms with Gasteiger partial charge < -0.3 is 19.9 Å². The highest BCUT2D eigenvalue weighted by Gasteiger charge is 2.24. The molecule has 1 atom stereocenters. The van der Waals surface area contributed by atoms with E-state index in [4.69, 9.17) is 4.74 Å². The lowest BCUT2D eigenvalue weighted by atomic mass is 9.89. The van der Waals surface area contributed by atoms with Crippen LogP contribution in [-0.4, -0.2) is 48.9 Å². The van der Waals surface area contributed by atoms with E-state index in [2.05, 4.69) is 45.9 Å². The minimum absolute atomic E-state index is 0.0992. The Hall–Kier alpha value is -1.56. The average molecular weight is 295 g/mol. The predicted molar refractivity (Wildman–Crippen MR) is 86.5 cm³/mol. The van der Waals surface area contributed by atoms with Crippen molar-refractivity contribution in [2.45, 2.75) is 39.8 Å². The van der Waals surface area contributed by atoms with Gasteiger partial charge in [0.1, 0.15) is 0 Å². The van der Waals surface area contributed by atoms with Crippen molar-refractivity contribution in [1.29, 1.82) is 0 Å². The molecule has 1 unspecified atom stereocenters. The number of aryl methyl sites for hydroxylation is 1. The number of nitrogens with zero attached hydrogens (tertiary/aromatic N) is 3. The number of hydrogen-bond acceptors (Lipinski definition) is 3. The van der Waals surface area contributed by atoms with Crippen molar-refractivity contribution in [3.8, 4) is 0 Å². The molecule has 0 aliphatic rings. The lowest BCUT2D eigenvalue weighted by molar-refractivity contribution is 0.0205. The van der Waals surface area contributed by atoms with Gasteiger partial charge in [-0.25, -0.2) is 4.98 Å². The number of rotatable bonds is 7. The first-order chi connectivity index (χ1) is 9.97. The Balaban J connectivity index is 2.25. The highest BCUT2D eigenvalue weighted by molar-refractivity contribution is 5.79. The standard InChI is InChI=1S/C15H29N5O/c1-15(2,3)13(21-5)11-19-14(16-4)18-7-6-9-20-10-8-17-12-20/h8,10,12-13H,6-7,9,11H2,1-5H3,(H2,16,18,19). The molecule has 21 heavy (non-hydrogen) atoms. The third-order valence-corrected chi connectivity index (χ3v) is 3.37. The van der Waals surface area contributed by atoms with Gasteiger partial charge in [0.15, 0.2) is 5.96 Å². The van der Waals surface area contributed by atoms with Crippen molar-refractivity contribution < 1.29 is 4.74 Å². The SMILES string of the molecule is CN=C(NCCCn1ccnc1)NCC(OC)C(C)(C)C. The number of aromatic nitrogens is 2. The zero-order valence-corrected chi connectivity index (χ0v) is 13.9. The summed E-state index contributed by atoms with van der Waals surface area (Å²) in [5, 5.41) is 6.63. The van der Waals surface area contributed by atoms with E-state index in [-0.39, 0.29) is 11.5 Å². The maximum Gasteiger partial charge on any atom is 0.191 e. The number of guanidine groups is 1. The van der Waals surface area contributed by atoms with Gasteiger partial charge in [0, 0.05) is 46.2 Å². The van der Waals surface area contributed by atoms with Gasteiger partial charge in [-0.05, 0) is 11.8 Å². The topological polar surface area (TPSA) is 63.5 Å². The van der Waals surface area contributed by atoms with E-state index in [1.807, 2.05) is 12.5 Å². The largest absolute Gasteiger partial charge is 0.379 e. The molecule has 0 saturated carbocycles. The van der Waals surface area contributed by atoms with Crippen molar-refractivity contribution >= 4 is 5.96 Å². The number of aliphatic imine (C=N–C) groups is 1. The van der Waals surface area contributed by atoms with Crippen LogP contribution in [-0.2, 0) is 11.3 Å². The van der Waals surface area contributed by atoms with Crippen LogP contribution < -0.4 is 10.6 Å². The van der Waals surface area contributed by atoms with Crippen molar-refractivity contribution in [3.05, 3.63) is 18.7 Å². The molecule has 1 rings (SSSR count).